The monoisotopic (exact) mass is 373 g/mol. The van der Waals surface area contributed by atoms with Crippen LogP contribution < -0.4 is 10.1 Å². The van der Waals surface area contributed by atoms with Crippen molar-refractivity contribution >= 4 is 27.7 Å². The first kappa shape index (κ1) is 17.1. The molecule has 0 aromatic heterocycles. The first-order chi connectivity index (χ1) is 10.1. The second-order valence-corrected chi connectivity index (χ2v) is 7.81. The Morgan fingerprint density at radius 2 is 2.33 bits per heavy atom. The van der Waals surface area contributed by atoms with Crippen LogP contribution in [0.15, 0.2) is 22.7 Å². The van der Waals surface area contributed by atoms with Gasteiger partial charge in [0.25, 0.3) is 0 Å². The molecule has 1 aliphatic rings. The maximum absolute atomic E-state index is 9.98. The Morgan fingerprint density at radius 1 is 1.48 bits per heavy atom. The molecule has 2 rings (SSSR count). The van der Waals surface area contributed by atoms with E-state index in [1.165, 1.54) is 30.6 Å². The molecule has 0 bridgehead atoms. The van der Waals surface area contributed by atoms with Crippen LogP contribution in [0.1, 0.15) is 24.8 Å². The first-order valence-corrected chi connectivity index (χ1v) is 9.38. The zero-order chi connectivity index (χ0) is 15.1. The van der Waals surface area contributed by atoms with Crippen molar-refractivity contribution in [1.29, 1.82) is 0 Å². The van der Waals surface area contributed by atoms with Gasteiger partial charge >= 0.3 is 0 Å². The van der Waals surface area contributed by atoms with Crippen LogP contribution in [-0.4, -0.2) is 41.9 Å². The molecular formula is C16H24BrNO2S. The van der Waals surface area contributed by atoms with E-state index in [0.29, 0.717) is 18.4 Å². The summed E-state index contributed by atoms with van der Waals surface area (Å²) in [6.45, 7) is 3.92. The van der Waals surface area contributed by atoms with Crippen molar-refractivity contribution in [1.82, 2.24) is 5.32 Å². The van der Waals surface area contributed by atoms with Crippen molar-refractivity contribution in [3.05, 3.63) is 28.2 Å². The fraction of sp³-hybridized carbons (Fsp3) is 0.625. The molecule has 118 valence electrons. The van der Waals surface area contributed by atoms with Gasteiger partial charge in [0.05, 0.1) is 4.47 Å². The van der Waals surface area contributed by atoms with Gasteiger partial charge in [-0.25, -0.2) is 0 Å². The minimum atomic E-state index is -0.480. The predicted molar refractivity (Wildman–Crippen MR) is 93.3 cm³/mol. The van der Waals surface area contributed by atoms with Gasteiger partial charge in [-0.1, -0.05) is 12.5 Å². The third kappa shape index (κ3) is 6.19. The van der Waals surface area contributed by atoms with Crippen molar-refractivity contribution < 1.29 is 9.84 Å². The van der Waals surface area contributed by atoms with Crippen LogP contribution in [-0.2, 0) is 0 Å². The number of aliphatic hydroxyl groups is 1. The molecule has 0 amide bonds. The van der Waals surface area contributed by atoms with Crippen LogP contribution in [0.25, 0.3) is 0 Å². The number of aliphatic hydroxyl groups excluding tert-OH is 1. The Bertz CT molecular complexity index is 438. The predicted octanol–water partition coefficient (Wildman–Crippen LogP) is 3.37. The van der Waals surface area contributed by atoms with Gasteiger partial charge < -0.3 is 15.2 Å². The van der Waals surface area contributed by atoms with Crippen LogP contribution in [0.5, 0.6) is 5.75 Å². The molecule has 0 aliphatic carbocycles. The van der Waals surface area contributed by atoms with Crippen molar-refractivity contribution in [2.45, 2.75) is 37.5 Å². The molecule has 1 aromatic carbocycles. The van der Waals surface area contributed by atoms with Gasteiger partial charge in [-0.3, -0.25) is 0 Å². The Kier molecular flexibility index (Phi) is 7.37. The highest BCUT2D eigenvalue weighted by Crippen LogP contribution is 2.26. The van der Waals surface area contributed by atoms with Gasteiger partial charge in [-0.15, -0.1) is 0 Å². The summed E-state index contributed by atoms with van der Waals surface area (Å²) in [7, 11) is 0. The molecule has 1 heterocycles. The standard InChI is InChI=1S/C16H24BrNO2S/c1-12-5-6-16(15(17)8-12)20-11-13(19)9-18-10-14-4-2-3-7-21-14/h5-6,8,13-14,18-19H,2-4,7,9-11H2,1H3. The fourth-order valence-electron chi connectivity index (χ4n) is 2.35. The highest BCUT2D eigenvalue weighted by Gasteiger charge is 2.14. The Morgan fingerprint density at radius 3 is 3.05 bits per heavy atom. The van der Waals surface area contributed by atoms with E-state index < -0.39 is 6.10 Å². The van der Waals surface area contributed by atoms with Gasteiger partial charge in [0.1, 0.15) is 18.5 Å². The smallest absolute Gasteiger partial charge is 0.133 e. The summed E-state index contributed by atoms with van der Waals surface area (Å²) in [4.78, 5) is 0. The van der Waals surface area contributed by atoms with Gasteiger partial charge in [-0.05, 0) is 59.1 Å². The number of hydrogen-bond donors (Lipinski definition) is 2. The van der Waals surface area contributed by atoms with E-state index in [-0.39, 0.29) is 0 Å². The zero-order valence-corrected chi connectivity index (χ0v) is 14.9. The zero-order valence-electron chi connectivity index (χ0n) is 12.5. The normalized spacial score (nSPS) is 20.2. The third-order valence-corrected chi connectivity index (χ3v) is 5.56. The summed E-state index contributed by atoms with van der Waals surface area (Å²) < 4.78 is 6.59. The molecule has 1 fully saturated rings. The maximum Gasteiger partial charge on any atom is 0.133 e. The number of hydrogen-bond acceptors (Lipinski definition) is 4. The van der Waals surface area contributed by atoms with Crippen molar-refractivity contribution in [3.63, 3.8) is 0 Å². The number of nitrogens with one attached hydrogen (secondary N) is 1. The summed E-state index contributed by atoms with van der Waals surface area (Å²) in [5, 5.41) is 14.0. The quantitative estimate of drug-likeness (QED) is 0.768. The lowest BCUT2D eigenvalue weighted by Gasteiger charge is -2.22. The van der Waals surface area contributed by atoms with Crippen molar-refractivity contribution in [3.8, 4) is 5.75 Å². The number of benzene rings is 1. The molecule has 0 spiro atoms. The average molecular weight is 374 g/mol. The number of halogens is 1. The maximum atomic E-state index is 9.98. The van der Waals surface area contributed by atoms with Crippen LogP contribution in [0.2, 0.25) is 0 Å². The van der Waals surface area contributed by atoms with E-state index in [2.05, 4.69) is 21.2 Å². The lowest BCUT2D eigenvalue weighted by Crippen LogP contribution is -2.35. The van der Waals surface area contributed by atoms with E-state index in [1.54, 1.807) is 0 Å². The highest BCUT2D eigenvalue weighted by molar-refractivity contribution is 9.10. The first-order valence-electron chi connectivity index (χ1n) is 7.54. The van der Waals surface area contributed by atoms with Crippen LogP contribution in [0, 0.1) is 6.92 Å². The second kappa shape index (κ2) is 9.03. The van der Waals surface area contributed by atoms with E-state index >= 15 is 0 Å². The molecule has 0 radical (unpaired) electrons. The molecule has 5 heteroatoms. The van der Waals surface area contributed by atoms with Gasteiger partial charge in [-0.2, -0.15) is 11.8 Å². The van der Waals surface area contributed by atoms with Gasteiger partial charge in [0.15, 0.2) is 0 Å². The summed E-state index contributed by atoms with van der Waals surface area (Å²) in [5.74, 6) is 2.06. The van der Waals surface area contributed by atoms with Crippen LogP contribution in [0.4, 0.5) is 0 Å². The molecule has 2 atom stereocenters. The molecule has 3 nitrogen and oxygen atoms in total. The van der Waals surface area contributed by atoms with E-state index in [0.717, 1.165) is 16.8 Å². The third-order valence-electron chi connectivity index (χ3n) is 3.54. The molecule has 21 heavy (non-hydrogen) atoms. The lowest BCUT2D eigenvalue weighted by atomic mass is 10.2. The number of thioether (sulfide) groups is 1. The highest BCUT2D eigenvalue weighted by atomic mass is 79.9. The van der Waals surface area contributed by atoms with Gasteiger partial charge in [0.2, 0.25) is 0 Å². The summed E-state index contributed by atoms with van der Waals surface area (Å²) >= 11 is 5.52. The summed E-state index contributed by atoms with van der Waals surface area (Å²) in [6.07, 6.45) is 3.50. The summed E-state index contributed by atoms with van der Waals surface area (Å²) in [5.41, 5.74) is 1.18. The van der Waals surface area contributed by atoms with Gasteiger partial charge in [0, 0.05) is 18.3 Å². The Balaban J connectivity index is 1.63. The topological polar surface area (TPSA) is 41.5 Å². The van der Waals surface area contributed by atoms with E-state index in [4.69, 9.17) is 4.74 Å². The lowest BCUT2D eigenvalue weighted by molar-refractivity contribution is 0.106. The minimum Gasteiger partial charge on any atom is -0.490 e. The average Bonchev–Trinajstić information content (AvgIpc) is 2.47. The second-order valence-electron chi connectivity index (χ2n) is 5.55. The van der Waals surface area contributed by atoms with Crippen LogP contribution in [0.3, 0.4) is 0 Å². The van der Waals surface area contributed by atoms with Crippen molar-refractivity contribution in [2.75, 3.05) is 25.4 Å². The van der Waals surface area contributed by atoms with Crippen LogP contribution >= 0.6 is 27.7 Å². The van der Waals surface area contributed by atoms with Crippen molar-refractivity contribution in [2.24, 2.45) is 0 Å². The molecular weight excluding hydrogens is 350 g/mol. The summed E-state index contributed by atoms with van der Waals surface area (Å²) in [6, 6.07) is 5.95. The number of aryl methyl sites for hydroxylation is 1. The number of rotatable bonds is 7. The molecule has 1 saturated heterocycles. The fourth-order valence-corrected chi connectivity index (χ4v) is 4.23. The molecule has 2 N–H and O–H groups in total. The minimum absolute atomic E-state index is 0.312. The Hall–Kier alpha value is -0.230. The molecule has 1 aromatic rings. The SMILES string of the molecule is Cc1ccc(OCC(O)CNCC2CCCCS2)c(Br)c1. The largest absolute Gasteiger partial charge is 0.490 e. The number of ether oxygens (including phenoxy) is 1. The van der Waals surface area contributed by atoms with E-state index in [9.17, 15) is 5.11 Å². The van der Waals surface area contributed by atoms with E-state index in [1.807, 2.05) is 36.9 Å². The molecule has 0 saturated carbocycles. The Labute approximate surface area is 140 Å². The molecule has 1 aliphatic heterocycles. The molecule has 2 unspecified atom stereocenters.